The van der Waals surface area contributed by atoms with Crippen LogP contribution >= 0.6 is 0 Å². The van der Waals surface area contributed by atoms with Crippen molar-refractivity contribution in [2.24, 2.45) is 11.8 Å². The van der Waals surface area contributed by atoms with Crippen molar-refractivity contribution in [3.8, 4) is 0 Å². The maximum Gasteiger partial charge on any atom is -0.0353 e. The van der Waals surface area contributed by atoms with Gasteiger partial charge in [0.05, 0.1) is 0 Å². The van der Waals surface area contributed by atoms with Gasteiger partial charge in [0, 0.05) is 0 Å². The molecule has 0 amide bonds. The lowest BCUT2D eigenvalue weighted by atomic mass is 9.75. The van der Waals surface area contributed by atoms with Crippen LogP contribution in [-0.4, -0.2) is 0 Å². The van der Waals surface area contributed by atoms with Crippen molar-refractivity contribution >= 4 is 0 Å². The van der Waals surface area contributed by atoms with Crippen molar-refractivity contribution in [1.82, 2.24) is 0 Å². The average Bonchev–Trinajstić information content (AvgIpc) is 2.43. The Hall–Kier alpha value is -0.260. The van der Waals surface area contributed by atoms with Gasteiger partial charge in [-0.1, -0.05) is 83.6 Å². The third-order valence-electron chi connectivity index (χ3n) is 4.73. The van der Waals surface area contributed by atoms with Crippen molar-refractivity contribution in [3.05, 3.63) is 12.7 Å². The highest BCUT2D eigenvalue weighted by molar-refractivity contribution is 4.74. The first-order chi connectivity index (χ1) is 8.88. The van der Waals surface area contributed by atoms with E-state index in [4.69, 9.17) is 0 Å². The molecular formula is C18H34. The van der Waals surface area contributed by atoms with E-state index >= 15 is 0 Å². The van der Waals surface area contributed by atoms with Crippen LogP contribution in [0, 0.1) is 11.8 Å². The molecule has 18 heavy (non-hydrogen) atoms. The number of hydrogen-bond acceptors (Lipinski definition) is 0. The van der Waals surface area contributed by atoms with E-state index in [-0.39, 0.29) is 0 Å². The smallest absolute Gasteiger partial charge is 0.0353 e. The lowest BCUT2D eigenvalue weighted by molar-refractivity contribution is 0.216. The fourth-order valence-electron chi connectivity index (χ4n) is 3.56. The van der Waals surface area contributed by atoms with Crippen LogP contribution in [0.3, 0.4) is 0 Å². The van der Waals surface area contributed by atoms with Crippen LogP contribution in [0.4, 0.5) is 0 Å². The Morgan fingerprint density at radius 3 is 2.39 bits per heavy atom. The quantitative estimate of drug-likeness (QED) is 0.306. The summed E-state index contributed by atoms with van der Waals surface area (Å²) in [6.45, 7) is 6.14. The average molecular weight is 250 g/mol. The van der Waals surface area contributed by atoms with Crippen LogP contribution < -0.4 is 0 Å². The maximum absolute atomic E-state index is 3.81. The minimum Gasteiger partial charge on any atom is -0.103 e. The highest BCUT2D eigenvalue weighted by atomic mass is 14.3. The molecule has 0 heterocycles. The molecule has 1 rings (SSSR count). The van der Waals surface area contributed by atoms with E-state index in [2.05, 4.69) is 19.6 Å². The van der Waals surface area contributed by atoms with Gasteiger partial charge in [-0.2, -0.15) is 0 Å². The topological polar surface area (TPSA) is 0 Å². The van der Waals surface area contributed by atoms with Gasteiger partial charge in [0.25, 0.3) is 0 Å². The van der Waals surface area contributed by atoms with Crippen molar-refractivity contribution in [1.29, 1.82) is 0 Å². The first-order valence-electron chi connectivity index (χ1n) is 8.49. The number of hydrogen-bond donors (Lipinski definition) is 0. The van der Waals surface area contributed by atoms with Crippen molar-refractivity contribution in [3.63, 3.8) is 0 Å². The van der Waals surface area contributed by atoms with E-state index in [0.717, 1.165) is 11.8 Å². The van der Waals surface area contributed by atoms with E-state index in [1.807, 2.05) is 0 Å². The minimum absolute atomic E-state index is 1.05. The molecule has 0 radical (unpaired) electrons. The van der Waals surface area contributed by atoms with Gasteiger partial charge in [-0.05, 0) is 24.7 Å². The summed E-state index contributed by atoms with van der Waals surface area (Å²) < 4.78 is 0. The molecule has 0 N–H and O–H groups in total. The first kappa shape index (κ1) is 15.8. The molecule has 1 atom stereocenters. The van der Waals surface area contributed by atoms with Crippen LogP contribution in [0.1, 0.15) is 90.4 Å². The molecule has 0 aromatic rings. The maximum atomic E-state index is 3.81. The molecule has 0 nitrogen and oxygen atoms in total. The zero-order valence-corrected chi connectivity index (χ0v) is 12.6. The normalized spacial score (nSPS) is 18.7. The van der Waals surface area contributed by atoms with E-state index < -0.39 is 0 Å². The molecule has 1 aliphatic carbocycles. The minimum atomic E-state index is 1.05. The summed E-state index contributed by atoms with van der Waals surface area (Å²) in [7, 11) is 0. The highest BCUT2D eigenvalue weighted by Gasteiger charge is 2.22. The molecular weight excluding hydrogens is 216 g/mol. The summed E-state index contributed by atoms with van der Waals surface area (Å²) in [5.74, 6) is 2.12. The Balaban J connectivity index is 2.22. The third kappa shape index (κ3) is 6.61. The molecule has 0 bridgehead atoms. The lowest BCUT2D eigenvalue weighted by Gasteiger charge is -2.30. The second-order valence-corrected chi connectivity index (χ2v) is 6.23. The van der Waals surface area contributed by atoms with Crippen LogP contribution in [0.2, 0.25) is 0 Å². The van der Waals surface area contributed by atoms with E-state index in [1.165, 1.54) is 83.5 Å². The van der Waals surface area contributed by atoms with Gasteiger partial charge >= 0.3 is 0 Å². The van der Waals surface area contributed by atoms with E-state index in [0.29, 0.717) is 0 Å². The summed E-state index contributed by atoms with van der Waals surface area (Å²) in [5.41, 5.74) is 0. The Labute approximate surface area is 115 Å². The number of rotatable bonds is 10. The van der Waals surface area contributed by atoms with E-state index in [1.54, 1.807) is 0 Å². The zero-order chi connectivity index (χ0) is 13.1. The Morgan fingerprint density at radius 2 is 1.72 bits per heavy atom. The Bertz CT molecular complexity index is 188. The molecule has 0 heteroatoms. The van der Waals surface area contributed by atoms with Gasteiger partial charge in [-0.25, -0.2) is 0 Å². The number of allylic oxidation sites excluding steroid dienone is 1. The SMILES string of the molecule is C=CCCCCCC(CCCC)C1CCCCC1. The van der Waals surface area contributed by atoms with Gasteiger partial charge in [-0.15, -0.1) is 6.58 Å². The van der Waals surface area contributed by atoms with Crippen LogP contribution in [0.25, 0.3) is 0 Å². The molecule has 1 saturated carbocycles. The molecule has 1 unspecified atom stereocenters. The molecule has 0 spiro atoms. The number of unbranched alkanes of at least 4 members (excludes halogenated alkanes) is 4. The predicted octanol–water partition coefficient (Wildman–Crippen LogP) is 6.51. The summed E-state index contributed by atoms with van der Waals surface area (Å²) in [5, 5.41) is 0. The summed E-state index contributed by atoms with van der Waals surface area (Å²) >= 11 is 0. The second-order valence-electron chi connectivity index (χ2n) is 6.23. The Morgan fingerprint density at radius 1 is 1.00 bits per heavy atom. The monoisotopic (exact) mass is 250 g/mol. The molecule has 1 fully saturated rings. The van der Waals surface area contributed by atoms with Crippen molar-refractivity contribution in [2.75, 3.05) is 0 Å². The van der Waals surface area contributed by atoms with Gasteiger partial charge in [0.1, 0.15) is 0 Å². The van der Waals surface area contributed by atoms with Crippen LogP contribution in [0.5, 0.6) is 0 Å². The highest BCUT2D eigenvalue weighted by Crippen LogP contribution is 2.35. The molecule has 0 aliphatic heterocycles. The fraction of sp³-hybridized carbons (Fsp3) is 0.889. The molecule has 1 aliphatic rings. The van der Waals surface area contributed by atoms with Gasteiger partial charge in [-0.3, -0.25) is 0 Å². The molecule has 106 valence electrons. The van der Waals surface area contributed by atoms with Crippen LogP contribution in [0.15, 0.2) is 12.7 Å². The first-order valence-corrected chi connectivity index (χ1v) is 8.49. The predicted molar refractivity (Wildman–Crippen MR) is 82.9 cm³/mol. The zero-order valence-electron chi connectivity index (χ0n) is 12.6. The van der Waals surface area contributed by atoms with E-state index in [9.17, 15) is 0 Å². The molecule has 0 aromatic carbocycles. The van der Waals surface area contributed by atoms with Gasteiger partial charge in [0.2, 0.25) is 0 Å². The molecule has 0 aromatic heterocycles. The van der Waals surface area contributed by atoms with Gasteiger partial charge in [0.15, 0.2) is 0 Å². The fourth-order valence-corrected chi connectivity index (χ4v) is 3.56. The second kappa shape index (κ2) is 10.6. The lowest BCUT2D eigenvalue weighted by Crippen LogP contribution is -2.18. The van der Waals surface area contributed by atoms with Crippen molar-refractivity contribution in [2.45, 2.75) is 90.4 Å². The Kier molecular flexibility index (Phi) is 9.34. The molecule has 0 saturated heterocycles. The summed E-state index contributed by atoms with van der Waals surface area (Å²) in [6, 6.07) is 0. The largest absolute Gasteiger partial charge is 0.103 e. The summed E-state index contributed by atoms with van der Waals surface area (Å²) in [6.07, 6.45) is 20.9. The standard InChI is InChI=1S/C18H34/c1-3-5-7-8-10-14-17(13-6-4-2)18-15-11-9-12-16-18/h3,17-18H,1,4-16H2,2H3. The summed E-state index contributed by atoms with van der Waals surface area (Å²) in [4.78, 5) is 0. The van der Waals surface area contributed by atoms with Crippen LogP contribution in [-0.2, 0) is 0 Å². The third-order valence-corrected chi connectivity index (χ3v) is 4.73. The van der Waals surface area contributed by atoms with Gasteiger partial charge < -0.3 is 0 Å². The van der Waals surface area contributed by atoms with Crippen molar-refractivity contribution < 1.29 is 0 Å².